The molecule has 0 unspecified atom stereocenters. The highest BCUT2D eigenvalue weighted by Crippen LogP contribution is 2.22. The van der Waals surface area contributed by atoms with Gasteiger partial charge in [-0.15, -0.1) is 0 Å². The van der Waals surface area contributed by atoms with Crippen molar-refractivity contribution in [2.75, 3.05) is 13.2 Å². The molecule has 0 bridgehead atoms. The van der Waals surface area contributed by atoms with E-state index in [4.69, 9.17) is 22.1 Å². The van der Waals surface area contributed by atoms with Gasteiger partial charge in [-0.05, 0) is 37.0 Å². The van der Waals surface area contributed by atoms with E-state index in [1.54, 1.807) is 0 Å². The van der Waals surface area contributed by atoms with Crippen LogP contribution >= 0.6 is 11.6 Å². The van der Waals surface area contributed by atoms with Gasteiger partial charge in [-0.3, -0.25) is 0 Å². The lowest BCUT2D eigenvalue weighted by atomic mass is 9.87. The van der Waals surface area contributed by atoms with Crippen LogP contribution in [0.15, 0.2) is 24.3 Å². The quantitative estimate of drug-likeness (QED) is 0.839. The lowest BCUT2D eigenvalue weighted by Gasteiger charge is -2.33. The molecular weight excluding hydrogens is 210 g/mol. The van der Waals surface area contributed by atoms with Gasteiger partial charge in [0.05, 0.1) is 6.61 Å². The minimum absolute atomic E-state index is 0.188. The minimum Gasteiger partial charge on any atom is -0.380 e. The van der Waals surface area contributed by atoms with Gasteiger partial charge in [0, 0.05) is 17.2 Å². The van der Waals surface area contributed by atoms with Crippen LogP contribution in [0.4, 0.5) is 0 Å². The molecule has 0 radical (unpaired) electrons. The number of halogens is 1. The van der Waals surface area contributed by atoms with Crippen LogP contribution in [0.25, 0.3) is 0 Å². The fourth-order valence-corrected chi connectivity index (χ4v) is 2.15. The molecule has 15 heavy (non-hydrogen) atoms. The summed E-state index contributed by atoms with van der Waals surface area (Å²) in [5.74, 6) is 0. The standard InChI is InChI=1S/C12H16ClNO/c13-11-4-2-10(3-5-11)8-12(14)6-1-7-15-9-12/h2-5H,1,6-9,14H2/t12-/m0/s1. The van der Waals surface area contributed by atoms with Crippen LogP contribution in [0.2, 0.25) is 5.02 Å². The fourth-order valence-electron chi connectivity index (χ4n) is 2.02. The Morgan fingerprint density at radius 3 is 2.67 bits per heavy atom. The number of benzene rings is 1. The van der Waals surface area contributed by atoms with Gasteiger partial charge in [0.2, 0.25) is 0 Å². The van der Waals surface area contributed by atoms with E-state index < -0.39 is 0 Å². The van der Waals surface area contributed by atoms with Crippen molar-refractivity contribution in [3.63, 3.8) is 0 Å². The Morgan fingerprint density at radius 1 is 1.33 bits per heavy atom. The Labute approximate surface area is 95.4 Å². The number of ether oxygens (including phenoxy) is 1. The van der Waals surface area contributed by atoms with Crippen LogP contribution < -0.4 is 5.73 Å². The third-order valence-corrected chi connectivity index (χ3v) is 3.07. The van der Waals surface area contributed by atoms with E-state index in [0.29, 0.717) is 6.61 Å². The summed E-state index contributed by atoms with van der Waals surface area (Å²) in [6, 6.07) is 7.88. The highest BCUT2D eigenvalue weighted by atomic mass is 35.5. The maximum absolute atomic E-state index is 6.27. The Hall–Kier alpha value is -0.570. The lowest BCUT2D eigenvalue weighted by molar-refractivity contribution is 0.0382. The van der Waals surface area contributed by atoms with Gasteiger partial charge in [0.15, 0.2) is 0 Å². The summed E-state index contributed by atoms with van der Waals surface area (Å²) in [5.41, 5.74) is 7.31. The summed E-state index contributed by atoms with van der Waals surface area (Å²) in [4.78, 5) is 0. The Morgan fingerprint density at radius 2 is 2.07 bits per heavy atom. The molecule has 1 atom stereocenters. The second-order valence-corrected chi connectivity index (χ2v) is 4.76. The molecule has 2 nitrogen and oxygen atoms in total. The Bertz CT molecular complexity index is 317. The molecule has 82 valence electrons. The molecular formula is C12H16ClNO. The first-order chi connectivity index (χ1) is 7.18. The Balaban J connectivity index is 2.03. The zero-order valence-corrected chi connectivity index (χ0v) is 9.46. The van der Waals surface area contributed by atoms with Gasteiger partial charge < -0.3 is 10.5 Å². The highest BCUT2D eigenvalue weighted by molar-refractivity contribution is 6.30. The molecule has 0 aromatic heterocycles. The number of rotatable bonds is 2. The maximum atomic E-state index is 6.27. The molecule has 1 saturated heterocycles. The summed E-state index contributed by atoms with van der Waals surface area (Å²) < 4.78 is 5.43. The molecule has 1 aromatic carbocycles. The van der Waals surface area contributed by atoms with Crippen LogP contribution in [0.1, 0.15) is 18.4 Å². The first kappa shape index (κ1) is 10.9. The predicted octanol–water partition coefficient (Wildman–Crippen LogP) is 2.39. The van der Waals surface area contributed by atoms with Gasteiger partial charge in [-0.25, -0.2) is 0 Å². The summed E-state index contributed by atoms with van der Waals surface area (Å²) in [7, 11) is 0. The Kier molecular flexibility index (Phi) is 3.29. The third kappa shape index (κ3) is 2.94. The lowest BCUT2D eigenvalue weighted by Crippen LogP contribution is -2.49. The third-order valence-electron chi connectivity index (χ3n) is 2.82. The molecule has 2 rings (SSSR count). The molecule has 1 fully saturated rings. The number of hydrogen-bond acceptors (Lipinski definition) is 2. The second kappa shape index (κ2) is 4.52. The van der Waals surface area contributed by atoms with Gasteiger partial charge in [0.1, 0.15) is 0 Å². The fraction of sp³-hybridized carbons (Fsp3) is 0.500. The summed E-state index contributed by atoms with van der Waals surface area (Å²) >= 11 is 5.83. The van der Waals surface area contributed by atoms with E-state index in [1.165, 1.54) is 5.56 Å². The van der Waals surface area contributed by atoms with Crippen molar-refractivity contribution in [1.82, 2.24) is 0 Å². The number of hydrogen-bond donors (Lipinski definition) is 1. The van der Waals surface area contributed by atoms with Crippen molar-refractivity contribution in [3.8, 4) is 0 Å². The van der Waals surface area contributed by atoms with E-state index in [0.717, 1.165) is 30.9 Å². The predicted molar refractivity (Wildman–Crippen MR) is 62.1 cm³/mol. The smallest absolute Gasteiger partial charge is 0.0649 e. The van der Waals surface area contributed by atoms with Crippen molar-refractivity contribution in [3.05, 3.63) is 34.9 Å². The molecule has 0 aliphatic carbocycles. The van der Waals surface area contributed by atoms with E-state index in [9.17, 15) is 0 Å². The first-order valence-electron chi connectivity index (χ1n) is 5.29. The summed E-state index contributed by atoms with van der Waals surface area (Å²) in [6.45, 7) is 1.51. The number of nitrogens with two attached hydrogens (primary N) is 1. The normalized spacial score (nSPS) is 26.5. The molecule has 3 heteroatoms. The largest absolute Gasteiger partial charge is 0.380 e. The van der Waals surface area contributed by atoms with Crippen molar-refractivity contribution >= 4 is 11.6 Å². The summed E-state index contributed by atoms with van der Waals surface area (Å²) in [6.07, 6.45) is 2.96. The van der Waals surface area contributed by atoms with E-state index in [1.807, 2.05) is 24.3 Å². The van der Waals surface area contributed by atoms with Crippen LogP contribution in [-0.4, -0.2) is 18.8 Å². The molecule has 0 saturated carbocycles. The second-order valence-electron chi connectivity index (χ2n) is 4.32. The summed E-state index contributed by atoms with van der Waals surface area (Å²) in [5, 5.41) is 0.768. The van der Waals surface area contributed by atoms with Crippen molar-refractivity contribution in [2.45, 2.75) is 24.8 Å². The van der Waals surface area contributed by atoms with Crippen LogP contribution in [-0.2, 0) is 11.2 Å². The van der Waals surface area contributed by atoms with Crippen LogP contribution in [0, 0.1) is 0 Å². The van der Waals surface area contributed by atoms with Gasteiger partial charge in [-0.1, -0.05) is 23.7 Å². The van der Waals surface area contributed by atoms with Crippen LogP contribution in [0.5, 0.6) is 0 Å². The molecule has 2 N–H and O–H groups in total. The van der Waals surface area contributed by atoms with Crippen LogP contribution in [0.3, 0.4) is 0 Å². The van der Waals surface area contributed by atoms with E-state index in [-0.39, 0.29) is 5.54 Å². The van der Waals surface area contributed by atoms with Crippen molar-refractivity contribution in [2.24, 2.45) is 5.73 Å². The highest BCUT2D eigenvalue weighted by Gasteiger charge is 2.28. The van der Waals surface area contributed by atoms with Gasteiger partial charge in [-0.2, -0.15) is 0 Å². The zero-order chi connectivity index (χ0) is 10.7. The van der Waals surface area contributed by atoms with Crippen molar-refractivity contribution in [1.29, 1.82) is 0 Å². The van der Waals surface area contributed by atoms with E-state index in [2.05, 4.69) is 0 Å². The molecule has 1 aliphatic heterocycles. The average Bonchev–Trinajstić information content (AvgIpc) is 2.22. The molecule has 1 heterocycles. The monoisotopic (exact) mass is 225 g/mol. The maximum Gasteiger partial charge on any atom is 0.0649 e. The van der Waals surface area contributed by atoms with E-state index >= 15 is 0 Å². The molecule has 1 aliphatic rings. The first-order valence-corrected chi connectivity index (χ1v) is 5.67. The SMILES string of the molecule is N[C@]1(Cc2ccc(Cl)cc2)CCCOC1. The minimum atomic E-state index is -0.188. The average molecular weight is 226 g/mol. The molecule has 0 spiro atoms. The topological polar surface area (TPSA) is 35.2 Å². The van der Waals surface area contributed by atoms with Gasteiger partial charge in [0.25, 0.3) is 0 Å². The van der Waals surface area contributed by atoms with Crippen molar-refractivity contribution < 1.29 is 4.74 Å². The van der Waals surface area contributed by atoms with Gasteiger partial charge >= 0.3 is 0 Å². The molecule has 0 amide bonds. The molecule has 1 aromatic rings. The zero-order valence-electron chi connectivity index (χ0n) is 8.71.